The van der Waals surface area contributed by atoms with E-state index in [2.05, 4.69) is 5.32 Å². The number of benzene rings is 2. The van der Waals surface area contributed by atoms with Crippen LogP contribution in [0, 0.1) is 0 Å². The van der Waals surface area contributed by atoms with Crippen molar-refractivity contribution < 1.29 is 18.7 Å². The number of anilines is 1. The van der Waals surface area contributed by atoms with Crippen molar-refractivity contribution in [2.45, 2.75) is 20.0 Å². The van der Waals surface area contributed by atoms with Gasteiger partial charge in [0.2, 0.25) is 0 Å². The molecule has 0 saturated heterocycles. The Morgan fingerprint density at radius 2 is 1.81 bits per heavy atom. The van der Waals surface area contributed by atoms with Gasteiger partial charge < -0.3 is 14.5 Å². The summed E-state index contributed by atoms with van der Waals surface area (Å²) in [6.45, 7) is 3.03. The van der Waals surface area contributed by atoms with Gasteiger partial charge in [-0.2, -0.15) is 0 Å². The molecule has 0 aliphatic heterocycles. The number of para-hydroxylation sites is 1. The molecule has 0 unspecified atom stereocenters. The van der Waals surface area contributed by atoms with Gasteiger partial charge >= 0.3 is 5.63 Å². The molecule has 6 heteroatoms. The number of fused-ring (bicyclic) bond motifs is 1. The molecule has 1 amide bonds. The van der Waals surface area contributed by atoms with E-state index in [0.29, 0.717) is 22.6 Å². The molecule has 0 saturated carbocycles. The van der Waals surface area contributed by atoms with Gasteiger partial charge in [0.1, 0.15) is 11.3 Å². The maximum Gasteiger partial charge on any atom is 0.336 e. The van der Waals surface area contributed by atoms with Crippen molar-refractivity contribution in [1.82, 2.24) is 0 Å². The number of amides is 1. The smallest absolute Gasteiger partial charge is 0.336 e. The third-order valence-electron chi connectivity index (χ3n) is 3.84. The topological polar surface area (TPSA) is 85.6 Å². The van der Waals surface area contributed by atoms with Crippen molar-refractivity contribution in [3.63, 3.8) is 0 Å². The standard InChI is InChI=1S/C20H17NO5/c1-12(22)16-5-3-4-6-17(16)21-20(24)13(2)25-15-9-7-14-8-10-19(23)26-18(14)11-15/h3-11,13H,1-2H3,(H,21,24)/t13-/m1/s1. The molecule has 6 nitrogen and oxygen atoms in total. The fourth-order valence-corrected chi connectivity index (χ4v) is 2.51. The molecule has 0 bridgehead atoms. The predicted octanol–water partition coefficient (Wildman–Crippen LogP) is 3.40. The van der Waals surface area contributed by atoms with Crippen LogP contribution in [-0.2, 0) is 4.79 Å². The second-order valence-electron chi connectivity index (χ2n) is 5.81. The molecule has 3 aromatic rings. The van der Waals surface area contributed by atoms with Crippen LogP contribution in [0.2, 0.25) is 0 Å². The number of ketones is 1. The lowest BCUT2D eigenvalue weighted by Crippen LogP contribution is -2.30. The number of ether oxygens (including phenoxy) is 1. The Labute approximate surface area is 149 Å². The normalized spacial score (nSPS) is 11.8. The minimum absolute atomic E-state index is 0.140. The van der Waals surface area contributed by atoms with Crippen LogP contribution < -0.4 is 15.7 Å². The Balaban J connectivity index is 1.75. The predicted molar refractivity (Wildman–Crippen MR) is 97.7 cm³/mol. The van der Waals surface area contributed by atoms with Crippen LogP contribution in [-0.4, -0.2) is 17.8 Å². The van der Waals surface area contributed by atoms with Crippen molar-refractivity contribution in [3.05, 3.63) is 70.6 Å². The Bertz CT molecular complexity index is 1040. The van der Waals surface area contributed by atoms with E-state index in [1.165, 1.54) is 13.0 Å². The molecule has 1 atom stereocenters. The van der Waals surface area contributed by atoms with E-state index < -0.39 is 17.6 Å². The lowest BCUT2D eigenvalue weighted by Gasteiger charge is -2.16. The number of carbonyl (C=O) groups is 2. The Morgan fingerprint density at radius 3 is 2.58 bits per heavy atom. The quantitative estimate of drug-likeness (QED) is 0.562. The number of hydrogen-bond acceptors (Lipinski definition) is 5. The zero-order chi connectivity index (χ0) is 18.7. The van der Waals surface area contributed by atoms with E-state index in [4.69, 9.17) is 9.15 Å². The van der Waals surface area contributed by atoms with Crippen LogP contribution in [0.25, 0.3) is 11.0 Å². The molecule has 0 aliphatic carbocycles. The summed E-state index contributed by atoms with van der Waals surface area (Å²) in [7, 11) is 0. The number of hydrogen-bond donors (Lipinski definition) is 1. The highest BCUT2D eigenvalue weighted by molar-refractivity contribution is 6.04. The molecular formula is C20H17NO5. The minimum atomic E-state index is -0.817. The Kier molecular flexibility index (Phi) is 4.84. The summed E-state index contributed by atoms with van der Waals surface area (Å²) >= 11 is 0. The number of nitrogens with one attached hydrogen (secondary N) is 1. The maximum absolute atomic E-state index is 12.4. The molecule has 132 valence electrons. The first-order chi connectivity index (χ1) is 12.4. The van der Waals surface area contributed by atoms with Crippen LogP contribution in [0.4, 0.5) is 5.69 Å². The molecule has 0 aliphatic rings. The molecule has 26 heavy (non-hydrogen) atoms. The molecule has 0 fully saturated rings. The van der Waals surface area contributed by atoms with E-state index in [9.17, 15) is 14.4 Å². The summed E-state index contributed by atoms with van der Waals surface area (Å²) in [5.41, 5.74) is 0.788. The highest BCUT2D eigenvalue weighted by atomic mass is 16.5. The fraction of sp³-hybridized carbons (Fsp3) is 0.150. The fourth-order valence-electron chi connectivity index (χ4n) is 2.51. The summed E-state index contributed by atoms with van der Waals surface area (Å²) in [6, 6.07) is 14.8. The van der Waals surface area contributed by atoms with E-state index in [-0.39, 0.29) is 5.78 Å². The van der Waals surface area contributed by atoms with E-state index in [1.807, 2.05) is 0 Å². The van der Waals surface area contributed by atoms with E-state index in [1.54, 1.807) is 55.5 Å². The molecule has 0 spiro atoms. The van der Waals surface area contributed by atoms with Crippen LogP contribution in [0.5, 0.6) is 5.75 Å². The highest BCUT2D eigenvalue weighted by Gasteiger charge is 2.17. The van der Waals surface area contributed by atoms with Crippen molar-refractivity contribution >= 4 is 28.3 Å². The Morgan fingerprint density at radius 1 is 1.08 bits per heavy atom. The molecule has 3 rings (SSSR count). The van der Waals surface area contributed by atoms with Crippen molar-refractivity contribution in [2.75, 3.05) is 5.32 Å². The third-order valence-corrected chi connectivity index (χ3v) is 3.84. The lowest BCUT2D eigenvalue weighted by molar-refractivity contribution is -0.122. The van der Waals surface area contributed by atoms with Crippen LogP contribution in [0.1, 0.15) is 24.2 Å². The zero-order valence-corrected chi connectivity index (χ0v) is 14.3. The van der Waals surface area contributed by atoms with Gasteiger partial charge in [0.05, 0.1) is 5.69 Å². The number of carbonyl (C=O) groups excluding carboxylic acids is 2. The molecular weight excluding hydrogens is 334 g/mol. The minimum Gasteiger partial charge on any atom is -0.481 e. The molecule has 1 N–H and O–H groups in total. The van der Waals surface area contributed by atoms with Crippen LogP contribution >= 0.6 is 0 Å². The summed E-state index contributed by atoms with van der Waals surface area (Å²) in [6.07, 6.45) is -0.817. The largest absolute Gasteiger partial charge is 0.481 e. The number of rotatable bonds is 5. The first-order valence-electron chi connectivity index (χ1n) is 8.05. The molecule has 1 aromatic heterocycles. The average Bonchev–Trinajstić information content (AvgIpc) is 2.61. The summed E-state index contributed by atoms with van der Waals surface area (Å²) in [5.74, 6) is -0.137. The van der Waals surface area contributed by atoms with Crippen molar-refractivity contribution in [2.24, 2.45) is 0 Å². The monoisotopic (exact) mass is 351 g/mol. The third kappa shape index (κ3) is 3.80. The van der Waals surface area contributed by atoms with Crippen molar-refractivity contribution in [3.8, 4) is 5.75 Å². The highest BCUT2D eigenvalue weighted by Crippen LogP contribution is 2.21. The lowest BCUT2D eigenvalue weighted by atomic mass is 10.1. The zero-order valence-electron chi connectivity index (χ0n) is 14.3. The molecule has 1 heterocycles. The van der Waals surface area contributed by atoms with Gasteiger partial charge in [-0.1, -0.05) is 12.1 Å². The summed E-state index contributed by atoms with van der Waals surface area (Å²) in [4.78, 5) is 35.3. The van der Waals surface area contributed by atoms with E-state index >= 15 is 0 Å². The first-order valence-corrected chi connectivity index (χ1v) is 8.05. The van der Waals surface area contributed by atoms with Gasteiger partial charge in [0.25, 0.3) is 5.91 Å². The SMILES string of the molecule is CC(=O)c1ccccc1NC(=O)[C@@H](C)Oc1ccc2ccc(=O)oc2c1. The summed E-state index contributed by atoms with van der Waals surface area (Å²) < 4.78 is 10.7. The second-order valence-corrected chi connectivity index (χ2v) is 5.81. The van der Waals surface area contributed by atoms with Crippen LogP contribution in [0.3, 0.4) is 0 Å². The maximum atomic E-state index is 12.4. The second kappa shape index (κ2) is 7.23. The van der Waals surface area contributed by atoms with E-state index in [0.717, 1.165) is 5.39 Å². The Hall–Kier alpha value is -3.41. The van der Waals surface area contributed by atoms with Gasteiger partial charge in [-0.05, 0) is 44.2 Å². The molecule has 0 radical (unpaired) electrons. The van der Waals surface area contributed by atoms with Gasteiger partial charge in [-0.25, -0.2) is 4.79 Å². The van der Waals surface area contributed by atoms with Gasteiger partial charge in [-0.3, -0.25) is 9.59 Å². The first kappa shape index (κ1) is 17.4. The summed E-state index contributed by atoms with van der Waals surface area (Å²) in [5, 5.41) is 3.45. The average molecular weight is 351 g/mol. The van der Waals surface area contributed by atoms with Crippen molar-refractivity contribution in [1.29, 1.82) is 0 Å². The van der Waals surface area contributed by atoms with Gasteiger partial charge in [0.15, 0.2) is 11.9 Å². The van der Waals surface area contributed by atoms with Crippen LogP contribution in [0.15, 0.2) is 63.8 Å². The van der Waals surface area contributed by atoms with Gasteiger partial charge in [-0.15, -0.1) is 0 Å². The number of Topliss-reactive ketones (excluding diaryl/α,β-unsaturated/α-hetero) is 1. The molecule has 2 aromatic carbocycles. The van der Waals surface area contributed by atoms with Gasteiger partial charge in [0, 0.05) is 23.1 Å².